The van der Waals surface area contributed by atoms with Crippen molar-refractivity contribution >= 4 is 39.5 Å². The number of hydrogen-bond donors (Lipinski definition) is 2. The quantitative estimate of drug-likeness (QED) is 0.641. The van der Waals surface area contributed by atoms with Gasteiger partial charge in [0, 0.05) is 7.05 Å². The number of nitriles is 1. The normalized spacial score (nSPS) is 11.8. The Morgan fingerprint density at radius 2 is 2.19 bits per heavy atom. The van der Waals surface area contributed by atoms with E-state index in [0.717, 1.165) is 6.07 Å². The molecule has 1 aromatic heterocycles. The number of aryl methyl sites for hydroxylation is 1. The molecular formula is C16H10ClFN4O4S. The highest BCUT2D eigenvalue weighted by Crippen LogP contribution is 2.37. The third-order valence-electron chi connectivity index (χ3n) is 3.59. The van der Waals surface area contributed by atoms with Gasteiger partial charge in [0.2, 0.25) is 0 Å². The van der Waals surface area contributed by atoms with Crippen LogP contribution in [0.5, 0.6) is 11.5 Å². The van der Waals surface area contributed by atoms with Crippen molar-refractivity contribution < 1.29 is 17.9 Å². The van der Waals surface area contributed by atoms with Gasteiger partial charge in [-0.05, 0) is 24.3 Å². The summed E-state index contributed by atoms with van der Waals surface area (Å²) in [6, 6.07) is 6.99. The molecule has 0 fully saturated rings. The van der Waals surface area contributed by atoms with E-state index in [0.29, 0.717) is 5.52 Å². The van der Waals surface area contributed by atoms with E-state index in [1.54, 1.807) is 6.07 Å². The molecule has 11 heteroatoms. The van der Waals surface area contributed by atoms with Gasteiger partial charge in [0.15, 0.2) is 11.6 Å². The van der Waals surface area contributed by atoms with Crippen molar-refractivity contribution in [1.82, 2.24) is 9.55 Å². The summed E-state index contributed by atoms with van der Waals surface area (Å²) in [7, 11) is 1.53. The lowest BCUT2D eigenvalue weighted by Gasteiger charge is -2.13. The molecule has 0 saturated heterocycles. The first kappa shape index (κ1) is 18.8. The molecule has 2 N–H and O–H groups in total. The first-order chi connectivity index (χ1) is 12.8. The Morgan fingerprint density at radius 3 is 2.85 bits per heavy atom. The summed E-state index contributed by atoms with van der Waals surface area (Å²) in [5.74, 6) is -1.51. The molecule has 8 nitrogen and oxygen atoms in total. The molecule has 1 heterocycles. The van der Waals surface area contributed by atoms with Gasteiger partial charge in [-0.3, -0.25) is 14.1 Å². The first-order valence-corrected chi connectivity index (χ1v) is 8.73. The van der Waals surface area contributed by atoms with Crippen LogP contribution >= 0.6 is 11.6 Å². The van der Waals surface area contributed by atoms with Crippen LogP contribution in [-0.4, -0.2) is 18.3 Å². The first-order valence-electron chi connectivity index (χ1n) is 7.24. The lowest BCUT2D eigenvalue weighted by atomic mass is 10.1. The van der Waals surface area contributed by atoms with Crippen molar-refractivity contribution in [3.63, 3.8) is 0 Å². The van der Waals surface area contributed by atoms with Crippen LogP contribution in [0.3, 0.4) is 0 Å². The zero-order valence-electron chi connectivity index (χ0n) is 13.6. The van der Waals surface area contributed by atoms with Crippen LogP contribution in [0.2, 0.25) is 5.02 Å². The van der Waals surface area contributed by atoms with E-state index in [1.807, 2.05) is 0 Å². The maximum Gasteiger partial charge on any atom is 0.261 e. The third-order valence-corrected chi connectivity index (χ3v) is 4.26. The summed E-state index contributed by atoms with van der Waals surface area (Å²) in [6.45, 7) is 0. The van der Waals surface area contributed by atoms with Crippen LogP contribution in [0.25, 0.3) is 10.9 Å². The average molecular weight is 409 g/mol. The maximum atomic E-state index is 14.5. The summed E-state index contributed by atoms with van der Waals surface area (Å²) in [5, 5.41) is 9.14. The molecule has 0 bridgehead atoms. The minimum absolute atomic E-state index is 0.0568. The van der Waals surface area contributed by atoms with Gasteiger partial charge in [-0.15, -0.1) is 0 Å². The molecule has 27 heavy (non-hydrogen) atoms. The number of benzene rings is 2. The Hall–Kier alpha value is -3.00. The molecule has 0 spiro atoms. The van der Waals surface area contributed by atoms with Gasteiger partial charge in [0.1, 0.15) is 17.4 Å². The molecule has 0 aliphatic rings. The summed E-state index contributed by atoms with van der Waals surface area (Å²) in [4.78, 5) is 16.3. The fraction of sp³-hybridized carbons (Fsp3) is 0.0625. The standard InChI is InChI=1S/C16H10ClFN4O4S/c1-22-7-20-12-3-2-8(4-9(12)16(22)23)26-15-10(6-19)13(21-27(24)25)5-11(17)14(15)18/h2-5,7,21H,1H3,(H,24,25). The maximum absolute atomic E-state index is 14.5. The molecule has 0 aliphatic carbocycles. The summed E-state index contributed by atoms with van der Waals surface area (Å²) >= 11 is 3.28. The number of fused-ring (bicyclic) bond motifs is 1. The molecule has 0 amide bonds. The van der Waals surface area contributed by atoms with E-state index < -0.39 is 27.9 Å². The highest BCUT2D eigenvalue weighted by molar-refractivity contribution is 7.80. The molecule has 0 saturated carbocycles. The van der Waals surface area contributed by atoms with Crippen molar-refractivity contribution in [2.75, 3.05) is 4.72 Å². The van der Waals surface area contributed by atoms with Gasteiger partial charge in [-0.1, -0.05) is 11.6 Å². The Labute approximate surface area is 159 Å². The van der Waals surface area contributed by atoms with Crippen molar-refractivity contribution in [2.24, 2.45) is 7.05 Å². The largest absolute Gasteiger partial charge is 0.453 e. The van der Waals surface area contributed by atoms with Crippen LogP contribution in [0.4, 0.5) is 10.1 Å². The lowest BCUT2D eigenvalue weighted by molar-refractivity contribution is 0.442. The predicted molar refractivity (Wildman–Crippen MR) is 97.6 cm³/mol. The summed E-state index contributed by atoms with van der Waals surface area (Å²) in [6.07, 6.45) is 1.36. The Bertz CT molecular complexity index is 1190. The fourth-order valence-electron chi connectivity index (χ4n) is 2.36. The number of nitrogens with zero attached hydrogens (tertiary/aromatic N) is 3. The lowest BCUT2D eigenvalue weighted by Crippen LogP contribution is -2.16. The minimum atomic E-state index is -2.51. The van der Waals surface area contributed by atoms with Gasteiger partial charge >= 0.3 is 0 Å². The van der Waals surface area contributed by atoms with E-state index >= 15 is 0 Å². The smallest absolute Gasteiger partial charge is 0.261 e. The van der Waals surface area contributed by atoms with Crippen molar-refractivity contribution in [1.29, 1.82) is 5.26 Å². The van der Waals surface area contributed by atoms with Crippen molar-refractivity contribution in [2.45, 2.75) is 0 Å². The molecular weight excluding hydrogens is 399 g/mol. The fourth-order valence-corrected chi connectivity index (χ4v) is 2.90. The molecule has 0 aliphatic heterocycles. The van der Waals surface area contributed by atoms with Crippen LogP contribution < -0.4 is 15.0 Å². The van der Waals surface area contributed by atoms with Gasteiger partial charge in [0.25, 0.3) is 16.8 Å². The highest BCUT2D eigenvalue weighted by atomic mass is 35.5. The molecule has 2 aromatic carbocycles. The van der Waals surface area contributed by atoms with Crippen molar-refractivity contribution in [3.8, 4) is 17.6 Å². The SMILES string of the molecule is Cn1cnc2ccc(Oc3c(F)c(Cl)cc(NS(=O)O)c3C#N)cc2c1=O. The zero-order chi connectivity index (χ0) is 19.7. The third kappa shape index (κ3) is 3.61. The van der Waals surface area contributed by atoms with Crippen molar-refractivity contribution in [3.05, 3.63) is 57.3 Å². The van der Waals surface area contributed by atoms with Gasteiger partial charge in [-0.25, -0.2) is 13.6 Å². The zero-order valence-corrected chi connectivity index (χ0v) is 15.1. The second-order valence-corrected chi connectivity index (χ2v) is 6.44. The van der Waals surface area contributed by atoms with Crippen LogP contribution in [0.1, 0.15) is 5.56 Å². The average Bonchev–Trinajstić information content (AvgIpc) is 2.62. The molecule has 138 valence electrons. The van der Waals surface area contributed by atoms with Crippen LogP contribution in [0, 0.1) is 17.1 Å². The van der Waals surface area contributed by atoms with E-state index in [4.69, 9.17) is 20.9 Å². The minimum Gasteiger partial charge on any atom is -0.453 e. The number of ether oxygens (including phenoxy) is 1. The van der Waals surface area contributed by atoms with Crippen LogP contribution in [0.15, 0.2) is 35.4 Å². The predicted octanol–water partition coefficient (Wildman–Crippen LogP) is 2.94. The topological polar surface area (TPSA) is 117 Å². The molecule has 3 rings (SSSR count). The second-order valence-electron chi connectivity index (χ2n) is 5.33. The van der Waals surface area contributed by atoms with Crippen LogP contribution in [-0.2, 0) is 18.3 Å². The number of halogens is 2. The molecule has 0 radical (unpaired) electrons. The Morgan fingerprint density at radius 1 is 1.44 bits per heavy atom. The number of hydrogen-bond acceptors (Lipinski definition) is 5. The number of nitrogens with one attached hydrogen (secondary N) is 1. The number of aromatic nitrogens is 2. The molecule has 1 unspecified atom stereocenters. The Balaban J connectivity index is 2.15. The highest BCUT2D eigenvalue weighted by Gasteiger charge is 2.21. The molecule has 3 aromatic rings. The van der Waals surface area contributed by atoms with Gasteiger partial charge < -0.3 is 9.30 Å². The van der Waals surface area contributed by atoms with E-state index in [9.17, 15) is 18.7 Å². The summed E-state index contributed by atoms with van der Waals surface area (Å²) in [5.41, 5.74) is -0.470. The van der Waals surface area contributed by atoms with Gasteiger partial charge in [0.05, 0.1) is 27.9 Å². The monoisotopic (exact) mass is 408 g/mol. The van der Waals surface area contributed by atoms with E-state index in [1.165, 1.54) is 36.1 Å². The van der Waals surface area contributed by atoms with E-state index in [-0.39, 0.29) is 27.9 Å². The summed E-state index contributed by atoms with van der Waals surface area (Å²) < 4.78 is 43.2. The van der Waals surface area contributed by atoms with Gasteiger partial charge in [-0.2, -0.15) is 5.26 Å². The van der Waals surface area contributed by atoms with E-state index in [2.05, 4.69) is 9.71 Å². The number of rotatable bonds is 4. The second kappa shape index (κ2) is 7.32. The Kier molecular flexibility index (Phi) is 5.09. The molecule has 1 atom stereocenters. The number of anilines is 1.